The van der Waals surface area contributed by atoms with Crippen molar-refractivity contribution in [1.29, 1.82) is 0 Å². The molecule has 3 aromatic carbocycles. The van der Waals surface area contributed by atoms with Gasteiger partial charge in [-0.2, -0.15) is 0 Å². The van der Waals surface area contributed by atoms with E-state index >= 15 is 0 Å². The highest BCUT2D eigenvalue weighted by molar-refractivity contribution is 6.08. The van der Waals surface area contributed by atoms with Crippen molar-refractivity contribution in [2.45, 2.75) is 0 Å². The molecule has 21 heavy (non-hydrogen) atoms. The maximum Gasteiger partial charge on any atom is 0.362 e. The normalized spacial score (nSPS) is 11.3. The molecular formula is C18H13O3+. The minimum absolute atomic E-state index is 0.241. The van der Waals surface area contributed by atoms with E-state index in [2.05, 4.69) is 0 Å². The second-order valence-electron chi connectivity index (χ2n) is 4.97. The molecule has 0 aliphatic carbocycles. The van der Waals surface area contributed by atoms with Gasteiger partial charge in [0.1, 0.15) is 27.7 Å². The van der Waals surface area contributed by atoms with Crippen molar-refractivity contribution in [2.75, 3.05) is 7.11 Å². The average Bonchev–Trinajstić information content (AvgIpc) is 2.54. The highest BCUT2D eigenvalue weighted by atomic mass is 16.5. The van der Waals surface area contributed by atoms with Crippen molar-refractivity contribution in [3.63, 3.8) is 0 Å². The summed E-state index contributed by atoms with van der Waals surface area (Å²) in [7, 11) is 1.63. The van der Waals surface area contributed by atoms with Crippen molar-refractivity contribution in [1.82, 2.24) is 0 Å². The Bertz CT molecular complexity index is 1040. The second kappa shape index (κ2) is 4.35. The van der Waals surface area contributed by atoms with Crippen LogP contribution in [0, 0.1) is 0 Å². The van der Waals surface area contributed by atoms with Gasteiger partial charge in [0.2, 0.25) is 0 Å². The summed E-state index contributed by atoms with van der Waals surface area (Å²) in [6.45, 7) is 0. The van der Waals surface area contributed by atoms with Crippen LogP contribution in [-0.4, -0.2) is 11.9 Å². The Morgan fingerprint density at radius 2 is 1.71 bits per heavy atom. The van der Waals surface area contributed by atoms with E-state index in [0.717, 1.165) is 16.5 Å². The molecule has 0 spiro atoms. The summed E-state index contributed by atoms with van der Waals surface area (Å²) < 4.78 is 11.2. The number of hydrogen-bond donors (Lipinski definition) is 0. The van der Waals surface area contributed by atoms with E-state index in [-0.39, 0.29) is 5.43 Å². The van der Waals surface area contributed by atoms with E-state index in [1.165, 1.54) is 0 Å². The highest BCUT2D eigenvalue weighted by Gasteiger charge is 2.15. The fourth-order valence-corrected chi connectivity index (χ4v) is 2.74. The van der Waals surface area contributed by atoms with Gasteiger partial charge in [0, 0.05) is 5.39 Å². The molecule has 0 bridgehead atoms. The van der Waals surface area contributed by atoms with Crippen molar-refractivity contribution >= 4 is 32.7 Å². The molecule has 0 unspecified atom stereocenters. The van der Waals surface area contributed by atoms with Gasteiger partial charge >= 0.3 is 5.43 Å². The molecular weight excluding hydrogens is 264 g/mol. The number of benzene rings is 3. The van der Waals surface area contributed by atoms with Gasteiger partial charge in [0.25, 0.3) is 0 Å². The minimum atomic E-state index is 0.241. The van der Waals surface area contributed by atoms with Crippen LogP contribution in [0.2, 0.25) is 0 Å². The molecule has 0 amide bonds. The van der Waals surface area contributed by atoms with Crippen LogP contribution in [0.15, 0.2) is 59.0 Å². The van der Waals surface area contributed by atoms with Crippen LogP contribution in [-0.2, 0) is 0 Å². The monoisotopic (exact) mass is 277 g/mol. The average molecular weight is 277 g/mol. The Morgan fingerprint density at radius 3 is 2.57 bits per heavy atom. The number of fused-ring (bicyclic) bond motifs is 4. The van der Waals surface area contributed by atoms with Crippen LogP contribution >= 0.6 is 0 Å². The van der Waals surface area contributed by atoms with Gasteiger partial charge in [-0.15, -0.1) is 0 Å². The Hall–Kier alpha value is -2.81. The first-order valence-corrected chi connectivity index (χ1v) is 6.72. The molecule has 0 aliphatic rings. The molecule has 1 heterocycles. The number of hydrogen-bond acceptors (Lipinski definition) is 2. The lowest BCUT2D eigenvalue weighted by atomic mass is 10.0. The van der Waals surface area contributed by atoms with Gasteiger partial charge in [0.15, 0.2) is 0 Å². The molecule has 0 fully saturated rings. The predicted molar refractivity (Wildman–Crippen MR) is 82.8 cm³/mol. The van der Waals surface area contributed by atoms with E-state index < -0.39 is 0 Å². The Labute approximate surface area is 120 Å². The summed E-state index contributed by atoms with van der Waals surface area (Å²) in [6, 6.07) is 17.1. The van der Waals surface area contributed by atoms with E-state index in [4.69, 9.17) is 9.15 Å². The predicted octanol–water partition coefficient (Wildman–Crippen LogP) is 3.75. The highest BCUT2D eigenvalue weighted by Crippen LogP contribution is 2.28. The summed E-state index contributed by atoms with van der Waals surface area (Å²) >= 11 is 0. The summed E-state index contributed by atoms with van der Waals surface area (Å²) in [5.74, 6) is 0.752. The Balaban J connectivity index is 2.28. The van der Waals surface area contributed by atoms with Crippen molar-refractivity contribution in [3.05, 3.63) is 60.0 Å². The van der Waals surface area contributed by atoms with E-state index in [9.17, 15) is 4.79 Å². The maximum absolute atomic E-state index is 10.7. The third kappa shape index (κ3) is 1.71. The van der Waals surface area contributed by atoms with Gasteiger partial charge in [-0.05, 0) is 35.7 Å². The van der Waals surface area contributed by atoms with Gasteiger partial charge in [0.05, 0.1) is 7.11 Å². The number of ether oxygens (including phenoxy) is 1. The van der Waals surface area contributed by atoms with Crippen LogP contribution in [0.5, 0.6) is 5.75 Å². The first-order valence-electron chi connectivity index (χ1n) is 6.72. The quantitative estimate of drug-likeness (QED) is 0.302. The molecule has 102 valence electrons. The third-order valence-corrected chi connectivity index (χ3v) is 3.79. The zero-order chi connectivity index (χ0) is 14.4. The van der Waals surface area contributed by atoms with Crippen LogP contribution in [0.1, 0.15) is 0 Å². The van der Waals surface area contributed by atoms with Gasteiger partial charge in [-0.3, -0.25) is 4.79 Å². The summed E-state index contributed by atoms with van der Waals surface area (Å²) in [6.07, 6.45) is 0. The molecule has 3 nitrogen and oxygen atoms in total. The molecule has 4 rings (SSSR count). The zero-order valence-corrected chi connectivity index (χ0v) is 11.5. The van der Waals surface area contributed by atoms with Gasteiger partial charge in [-0.25, -0.2) is 0 Å². The van der Waals surface area contributed by atoms with Crippen LogP contribution in [0.25, 0.3) is 32.7 Å². The smallest absolute Gasteiger partial charge is 0.362 e. The number of methoxy groups -OCH3 is 1. The first kappa shape index (κ1) is 12.0. The lowest BCUT2D eigenvalue weighted by Gasteiger charge is -2.05. The second-order valence-corrected chi connectivity index (χ2v) is 4.97. The van der Waals surface area contributed by atoms with Crippen LogP contribution < -0.4 is 10.2 Å². The molecule has 3 heteroatoms. The van der Waals surface area contributed by atoms with E-state index in [0.29, 0.717) is 21.9 Å². The summed E-state index contributed by atoms with van der Waals surface area (Å²) in [5.41, 5.74) is 1.57. The number of para-hydroxylation sites is 1. The molecule has 0 aliphatic heterocycles. The molecule has 1 N–H and O–H groups in total. The van der Waals surface area contributed by atoms with Gasteiger partial charge in [-0.1, -0.05) is 24.3 Å². The standard InChI is InChI=1S/C18H12O3/c1-20-12-8-6-11-7-9-16-17(14(11)10-12)18(19)13-4-2-3-5-15(13)21-16/h2-10H,1H3/p+1. The molecule has 0 radical (unpaired) electrons. The summed E-state index contributed by atoms with van der Waals surface area (Å²) in [4.78, 5) is 10.7. The molecule has 0 saturated heterocycles. The van der Waals surface area contributed by atoms with Crippen molar-refractivity contribution in [3.8, 4) is 5.75 Å². The first-order chi connectivity index (χ1) is 10.3. The van der Waals surface area contributed by atoms with E-state index in [1.54, 1.807) is 7.11 Å². The minimum Gasteiger partial charge on any atom is -0.497 e. The molecule has 1 aromatic heterocycles. The molecule has 0 atom stereocenters. The molecule has 0 saturated carbocycles. The topological polar surface area (TPSA) is 43.8 Å². The van der Waals surface area contributed by atoms with Crippen molar-refractivity contribution < 1.29 is 13.9 Å². The van der Waals surface area contributed by atoms with Crippen LogP contribution in [0.4, 0.5) is 0 Å². The maximum atomic E-state index is 10.7. The number of rotatable bonds is 1. The third-order valence-electron chi connectivity index (χ3n) is 3.79. The lowest BCUT2D eigenvalue weighted by molar-refractivity contribution is 0.415. The Morgan fingerprint density at radius 1 is 0.905 bits per heavy atom. The van der Waals surface area contributed by atoms with Gasteiger partial charge < -0.3 is 9.15 Å². The zero-order valence-electron chi connectivity index (χ0n) is 11.5. The largest absolute Gasteiger partial charge is 0.497 e. The Kier molecular flexibility index (Phi) is 2.48. The van der Waals surface area contributed by atoms with Crippen molar-refractivity contribution in [2.24, 2.45) is 0 Å². The van der Waals surface area contributed by atoms with E-state index in [1.807, 2.05) is 54.6 Å². The summed E-state index contributed by atoms with van der Waals surface area (Å²) in [5, 5.41) is 3.37. The SMILES string of the molecule is COc1ccc2ccc3oc4ccccc4c(=[OH+])c3c2c1. The fourth-order valence-electron chi connectivity index (χ4n) is 2.74. The molecule has 4 aromatic rings. The lowest BCUT2D eigenvalue weighted by Crippen LogP contribution is -2.04. The fraction of sp³-hybridized carbons (Fsp3) is 0.0556. The van der Waals surface area contributed by atoms with Crippen LogP contribution in [0.3, 0.4) is 0 Å².